The summed E-state index contributed by atoms with van der Waals surface area (Å²) in [5.41, 5.74) is -8.06. The van der Waals surface area contributed by atoms with Crippen LogP contribution in [0.3, 0.4) is 0 Å². The van der Waals surface area contributed by atoms with Crippen molar-refractivity contribution >= 4 is 35.9 Å². The first-order valence-electron chi connectivity index (χ1n) is 20.6. The first kappa shape index (κ1) is 46.2. The van der Waals surface area contributed by atoms with Gasteiger partial charge in [-0.05, 0) is 62.1 Å². The Hall–Kier alpha value is -5.30. The summed E-state index contributed by atoms with van der Waals surface area (Å²) in [6.07, 6.45) is -12.0. The van der Waals surface area contributed by atoms with Crippen LogP contribution in [0.2, 0.25) is 0 Å². The number of rotatable bonds is 12. The van der Waals surface area contributed by atoms with E-state index in [1.165, 1.54) is 65.1 Å². The molecule has 3 fully saturated rings. The number of fused-ring (bicyclic) bond motifs is 5. The molecule has 4 aliphatic rings. The molecular weight excluding hydrogens is 814 g/mol. The molecule has 2 unspecified atom stereocenters. The van der Waals surface area contributed by atoms with Crippen molar-refractivity contribution in [3.05, 3.63) is 71.2 Å². The predicted octanol–water partition coefficient (Wildman–Crippen LogP) is 3.89. The molecule has 18 heteroatoms. The van der Waals surface area contributed by atoms with Crippen molar-refractivity contribution < 1.29 is 81.7 Å². The fourth-order valence-electron chi connectivity index (χ4n) is 9.63. The van der Waals surface area contributed by atoms with Crippen molar-refractivity contribution in [3.8, 4) is 0 Å². The summed E-state index contributed by atoms with van der Waals surface area (Å²) in [4.78, 5) is 83.1. The molecule has 1 aromatic carbocycles. The minimum atomic E-state index is -2.45. The summed E-state index contributed by atoms with van der Waals surface area (Å²) in [6, 6.07) is 9.09. The van der Waals surface area contributed by atoms with Crippen molar-refractivity contribution in [1.82, 2.24) is 5.32 Å². The third kappa shape index (κ3) is 7.97. The highest BCUT2D eigenvalue weighted by atomic mass is 16.7. The summed E-state index contributed by atoms with van der Waals surface area (Å²) in [5.74, 6) is -5.71. The monoisotopic (exact) mass is 869 g/mol. The molecule has 4 N–H and O–H groups in total. The van der Waals surface area contributed by atoms with Gasteiger partial charge < -0.3 is 58.2 Å². The Morgan fingerprint density at radius 2 is 1.68 bits per heavy atom. The molecule has 1 aromatic heterocycles. The number of carbonyl (C=O) groups excluding carboxylic acids is 6. The number of ketones is 1. The molecular formula is C44H55NO17. The zero-order chi connectivity index (χ0) is 45.5. The third-order valence-corrected chi connectivity index (χ3v) is 12.9. The maximum atomic E-state index is 15.6. The molecule has 1 amide bonds. The lowest BCUT2D eigenvalue weighted by Crippen LogP contribution is -2.82. The molecule has 6 rings (SSSR count). The van der Waals surface area contributed by atoms with Gasteiger partial charge in [-0.2, -0.15) is 0 Å². The summed E-state index contributed by atoms with van der Waals surface area (Å²) < 4.78 is 45.9. The van der Waals surface area contributed by atoms with Gasteiger partial charge in [0.2, 0.25) is 0 Å². The van der Waals surface area contributed by atoms with E-state index in [1.807, 2.05) is 13.8 Å². The lowest BCUT2D eigenvalue weighted by molar-refractivity contribution is -0.346. The maximum absolute atomic E-state index is 15.6. The zero-order valence-electron chi connectivity index (χ0n) is 35.9. The molecule has 2 saturated carbocycles. The Morgan fingerprint density at radius 3 is 2.26 bits per heavy atom. The smallest absolute Gasteiger partial charge is 0.467 e. The highest BCUT2D eigenvalue weighted by Gasteiger charge is 2.78. The van der Waals surface area contributed by atoms with Gasteiger partial charge >= 0.3 is 30.2 Å². The number of amides is 1. The minimum Gasteiger partial charge on any atom is -0.467 e. The molecule has 2 heterocycles. The molecule has 3 aliphatic carbocycles. The van der Waals surface area contributed by atoms with E-state index >= 15 is 4.79 Å². The second-order valence-corrected chi connectivity index (χ2v) is 17.4. The highest BCUT2D eigenvalue weighted by Crippen LogP contribution is 2.64. The maximum Gasteiger partial charge on any atom is 0.509 e. The predicted molar refractivity (Wildman–Crippen MR) is 212 cm³/mol. The van der Waals surface area contributed by atoms with Crippen LogP contribution < -0.4 is 5.32 Å². The molecule has 11 atom stereocenters. The fourth-order valence-corrected chi connectivity index (χ4v) is 9.63. The second kappa shape index (κ2) is 17.5. The molecule has 2 aromatic rings. The number of benzene rings is 1. The van der Waals surface area contributed by atoms with Crippen molar-refractivity contribution in [3.63, 3.8) is 0 Å². The molecule has 0 radical (unpaired) electrons. The van der Waals surface area contributed by atoms with E-state index in [-0.39, 0.29) is 54.6 Å². The number of hydrogen-bond donors (Lipinski definition) is 4. The number of aliphatic hydroxyl groups is 3. The van der Waals surface area contributed by atoms with Gasteiger partial charge in [0.25, 0.3) is 0 Å². The number of Topliss-reactive ketones (excluding diaryl/α,β-unsaturated/α-hetero) is 1. The summed E-state index contributed by atoms with van der Waals surface area (Å²) in [6.45, 7) is 11.7. The Bertz CT molecular complexity index is 2060. The van der Waals surface area contributed by atoms with Gasteiger partial charge in [0, 0.05) is 25.2 Å². The Balaban J connectivity index is 1.54. The lowest BCUT2D eigenvalue weighted by Gasteiger charge is -2.67. The quantitative estimate of drug-likeness (QED) is 0.134. The van der Waals surface area contributed by atoms with Crippen LogP contribution in [0, 0.1) is 22.7 Å². The van der Waals surface area contributed by atoms with E-state index in [0.717, 1.165) is 6.92 Å². The first-order chi connectivity index (χ1) is 29.1. The Labute approximate surface area is 358 Å². The normalized spacial score (nSPS) is 32.0. The standard InChI is InChI=1S/C44H55NO17/c1-9-55-40(53)60-33-30-23(4)27(59-38(51)32(48)31(26-16-13-17-56-26)45-39(52)57-20-22(2)3)19-44(54,41(30,6)7)36(61-37(50)25-14-11-10-12-15-25)34-42(8,35(33)49)28(47)18-29-43(34,21-58-29)62-24(5)46/h10-17,22,27-29,31-34,36,47-48,54H,9,18-21H2,1-8H3,(H,45,52)/t27-,28-,29+,31-,32+,33+,34?,36?,42+,43-,44+/m0/s1. The van der Waals surface area contributed by atoms with Crippen LogP contribution in [0.15, 0.2) is 64.3 Å². The summed E-state index contributed by atoms with van der Waals surface area (Å²) in [7, 11) is 0. The molecule has 2 bridgehead atoms. The van der Waals surface area contributed by atoms with Crippen LogP contribution in [0.1, 0.15) is 90.4 Å². The summed E-state index contributed by atoms with van der Waals surface area (Å²) in [5, 5.41) is 39.7. The van der Waals surface area contributed by atoms with E-state index in [9.17, 15) is 39.3 Å². The molecule has 1 aliphatic heterocycles. The van der Waals surface area contributed by atoms with Crippen molar-refractivity contribution in [2.75, 3.05) is 19.8 Å². The zero-order valence-corrected chi connectivity index (χ0v) is 35.9. The van der Waals surface area contributed by atoms with Gasteiger partial charge in [-0.15, -0.1) is 0 Å². The van der Waals surface area contributed by atoms with Gasteiger partial charge in [0.15, 0.2) is 23.6 Å². The molecule has 0 spiro atoms. The molecule has 1 saturated heterocycles. The number of aliphatic hydroxyl groups excluding tert-OH is 2. The molecule has 338 valence electrons. The van der Waals surface area contributed by atoms with Crippen LogP contribution >= 0.6 is 0 Å². The number of furan rings is 1. The van der Waals surface area contributed by atoms with Crippen LogP contribution in [0.25, 0.3) is 0 Å². The number of esters is 3. The van der Waals surface area contributed by atoms with E-state index in [2.05, 4.69) is 5.32 Å². The number of carbonyl (C=O) groups is 6. The number of nitrogens with one attached hydrogen (secondary N) is 1. The highest BCUT2D eigenvalue weighted by molar-refractivity contribution is 5.95. The Kier molecular flexibility index (Phi) is 13.0. The largest absolute Gasteiger partial charge is 0.509 e. The molecule has 18 nitrogen and oxygen atoms in total. The third-order valence-electron chi connectivity index (χ3n) is 12.9. The van der Waals surface area contributed by atoms with E-state index in [1.54, 1.807) is 18.2 Å². The average molecular weight is 870 g/mol. The van der Waals surface area contributed by atoms with E-state index in [0.29, 0.717) is 0 Å². The van der Waals surface area contributed by atoms with Crippen LogP contribution in [-0.2, 0) is 47.5 Å². The number of ether oxygens (including phenoxy) is 7. The fraction of sp³-hybridized carbons (Fsp3) is 0.591. The number of alkyl carbamates (subject to hydrolysis) is 1. The van der Waals surface area contributed by atoms with E-state index < -0.39 is 113 Å². The number of hydrogen-bond acceptors (Lipinski definition) is 17. The second-order valence-electron chi connectivity index (χ2n) is 17.4. The van der Waals surface area contributed by atoms with Crippen LogP contribution in [-0.4, -0.2) is 119 Å². The first-order valence-corrected chi connectivity index (χ1v) is 20.6. The SMILES string of the molecule is CCOC(=O)O[C@H]1C(=O)[C@@]2(C)C(C(OC(=O)c3ccccc3)[C@]3(O)C[C@H](OC(=O)[C@H](O)[C@@H](NC(=O)OCC(C)C)c4ccco4)C(C)=C1C3(C)C)[C@]1(OC(C)=O)CO[C@@H]1C[C@@H]2O. The van der Waals surface area contributed by atoms with Crippen molar-refractivity contribution in [2.24, 2.45) is 22.7 Å². The Morgan fingerprint density at radius 1 is 0.984 bits per heavy atom. The minimum absolute atomic E-state index is 0.0207. The average Bonchev–Trinajstić information content (AvgIpc) is 3.75. The van der Waals surface area contributed by atoms with Crippen molar-refractivity contribution in [2.45, 2.75) is 122 Å². The van der Waals surface area contributed by atoms with Gasteiger partial charge in [0.1, 0.15) is 35.7 Å². The topological polar surface area (TPSA) is 253 Å². The lowest BCUT2D eigenvalue weighted by atomic mass is 9.44. The van der Waals surface area contributed by atoms with Crippen molar-refractivity contribution in [1.29, 1.82) is 0 Å². The van der Waals surface area contributed by atoms with E-state index in [4.69, 9.17) is 37.6 Å². The van der Waals surface area contributed by atoms with Crippen LogP contribution in [0.5, 0.6) is 0 Å². The van der Waals surface area contributed by atoms with Gasteiger partial charge in [-0.25, -0.2) is 19.2 Å². The molecule has 62 heavy (non-hydrogen) atoms. The van der Waals surface area contributed by atoms with Gasteiger partial charge in [-0.1, -0.05) is 45.9 Å². The van der Waals surface area contributed by atoms with Gasteiger partial charge in [-0.3, -0.25) is 9.59 Å². The van der Waals surface area contributed by atoms with Crippen LogP contribution in [0.4, 0.5) is 9.59 Å². The van der Waals surface area contributed by atoms with Gasteiger partial charge in [0.05, 0.1) is 49.1 Å². The summed E-state index contributed by atoms with van der Waals surface area (Å²) >= 11 is 0.